The highest BCUT2D eigenvalue weighted by atomic mass is 16.5. The van der Waals surface area contributed by atoms with E-state index in [4.69, 9.17) is 14.2 Å². The Labute approximate surface area is 107 Å². The van der Waals surface area contributed by atoms with E-state index >= 15 is 0 Å². The molecule has 0 saturated carbocycles. The predicted molar refractivity (Wildman–Crippen MR) is 65.5 cm³/mol. The molecular weight excluding hydrogens is 232 g/mol. The molecule has 0 aromatic heterocycles. The van der Waals surface area contributed by atoms with Gasteiger partial charge in [0.2, 0.25) is 0 Å². The number of aliphatic hydroxyl groups is 1. The zero-order chi connectivity index (χ0) is 12.6. The molecule has 3 rings (SSSR count). The summed E-state index contributed by atoms with van der Waals surface area (Å²) in [6.45, 7) is 1.41. The van der Waals surface area contributed by atoms with E-state index in [0.29, 0.717) is 25.4 Å². The van der Waals surface area contributed by atoms with Gasteiger partial charge in [-0.2, -0.15) is 0 Å². The quantitative estimate of drug-likeness (QED) is 0.817. The molecule has 0 aromatic rings. The maximum atomic E-state index is 11.0. The molecule has 1 saturated heterocycles. The van der Waals surface area contributed by atoms with Crippen LogP contribution >= 0.6 is 0 Å². The molecule has 2 aliphatic heterocycles. The second kappa shape index (κ2) is 4.50. The van der Waals surface area contributed by atoms with E-state index in [2.05, 4.69) is 0 Å². The highest BCUT2D eigenvalue weighted by Crippen LogP contribution is 2.49. The van der Waals surface area contributed by atoms with Crippen LogP contribution in [0.25, 0.3) is 0 Å². The predicted octanol–water partition coefficient (Wildman–Crippen LogP) is 2.10. The second-order valence-electron chi connectivity index (χ2n) is 5.19. The maximum absolute atomic E-state index is 11.0. The molecule has 2 atom stereocenters. The van der Waals surface area contributed by atoms with Crippen molar-refractivity contribution >= 4 is 0 Å². The second-order valence-corrected chi connectivity index (χ2v) is 5.19. The number of hydrogen-bond acceptors (Lipinski definition) is 4. The smallest absolute Gasteiger partial charge is 0.140 e. The van der Waals surface area contributed by atoms with Crippen LogP contribution in [0.3, 0.4) is 0 Å². The summed E-state index contributed by atoms with van der Waals surface area (Å²) in [4.78, 5) is 0. The third-order valence-corrected chi connectivity index (χ3v) is 4.10. The summed E-state index contributed by atoms with van der Waals surface area (Å²) >= 11 is 0. The Kier molecular flexibility index (Phi) is 2.98. The zero-order valence-electron chi connectivity index (χ0n) is 10.8. The van der Waals surface area contributed by atoms with Gasteiger partial charge < -0.3 is 19.3 Å². The van der Waals surface area contributed by atoms with Gasteiger partial charge in [-0.3, -0.25) is 0 Å². The lowest BCUT2D eigenvalue weighted by molar-refractivity contribution is -0.0458. The van der Waals surface area contributed by atoms with E-state index in [1.807, 2.05) is 6.08 Å². The Bertz CT molecular complexity index is 399. The number of ether oxygens (including phenoxy) is 3. The van der Waals surface area contributed by atoms with Crippen LogP contribution in [-0.4, -0.2) is 31.0 Å². The van der Waals surface area contributed by atoms with Gasteiger partial charge in [0.05, 0.1) is 26.2 Å². The average molecular weight is 252 g/mol. The summed E-state index contributed by atoms with van der Waals surface area (Å²) in [6.07, 6.45) is 6.39. The van der Waals surface area contributed by atoms with Crippen molar-refractivity contribution in [3.05, 3.63) is 23.4 Å². The maximum Gasteiger partial charge on any atom is 0.140 e. The topological polar surface area (TPSA) is 47.9 Å². The molecule has 1 N–H and O–H groups in total. The first-order valence-corrected chi connectivity index (χ1v) is 6.71. The summed E-state index contributed by atoms with van der Waals surface area (Å²) in [5.41, 5.74) is -0.957. The highest BCUT2D eigenvalue weighted by Gasteiger charge is 2.53. The molecule has 3 aliphatic rings. The molecule has 4 nitrogen and oxygen atoms in total. The molecule has 1 fully saturated rings. The van der Waals surface area contributed by atoms with Gasteiger partial charge in [0.25, 0.3) is 0 Å². The first-order chi connectivity index (χ1) is 8.75. The minimum absolute atomic E-state index is 0.00875. The largest absolute Gasteiger partial charge is 0.497 e. The lowest BCUT2D eigenvalue weighted by atomic mass is 9.82. The van der Waals surface area contributed by atoms with E-state index in [1.165, 1.54) is 0 Å². The summed E-state index contributed by atoms with van der Waals surface area (Å²) in [7, 11) is 1.64. The van der Waals surface area contributed by atoms with Gasteiger partial charge in [0.1, 0.15) is 22.9 Å². The van der Waals surface area contributed by atoms with Crippen molar-refractivity contribution in [2.24, 2.45) is 5.92 Å². The van der Waals surface area contributed by atoms with E-state index in [1.54, 1.807) is 7.11 Å². The van der Waals surface area contributed by atoms with Gasteiger partial charge in [-0.1, -0.05) is 0 Å². The van der Waals surface area contributed by atoms with Crippen LogP contribution in [-0.2, 0) is 14.2 Å². The van der Waals surface area contributed by atoms with Gasteiger partial charge >= 0.3 is 0 Å². The van der Waals surface area contributed by atoms with Crippen molar-refractivity contribution in [2.45, 2.75) is 37.7 Å². The van der Waals surface area contributed by atoms with Crippen molar-refractivity contribution < 1.29 is 19.3 Å². The molecule has 0 bridgehead atoms. The molecule has 0 aromatic carbocycles. The Hall–Kier alpha value is -1.16. The van der Waals surface area contributed by atoms with Gasteiger partial charge in [0.15, 0.2) is 0 Å². The molecule has 0 unspecified atom stereocenters. The summed E-state index contributed by atoms with van der Waals surface area (Å²) in [5, 5.41) is 11.0. The minimum atomic E-state index is -0.957. The van der Waals surface area contributed by atoms with Gasteiger partial charge in [-0.05, 0) is 31.8 Å². The number of fused-ring (bicyclic) bond motifs is 1. The SMILES string of the molecule is COC1=C2OCCC[C@H]2[C@](O)(C2=CCCCO2)C1. The molecule has 0 spiro atoms. The zero-order valence-corrected chi connectivity index (χ0v) is 10.8. The van der Waals surface area contributed by atoms with Gasteiger partial charge in [0, 0.05) is 6.42 Å². The van der Waals surface area contributed by atoms with E-state index in [9.17, 15) is 5.11 Å². The monoisotopic (exact) mass is 252 g/mol. The summed E-state index contributed by atoms with van der Waals surface area (Å²) < 4.78 is 16.8. The Morgan fingerprint density at radius 2 is 2.17 bits per heavy atom. The molecule has 18 heavy (non-hydrogen) atoms. The van der Waals surface area contributed by atoms with Crippen LogP contribution < -0.4 is 0 Å². The number of hydrogen-bond donors (Lipinski definition) is 1. The molecule has 4 heteroatoms. The third-order valence-electron chi connectivity index (χ3n) is 4.10. The minimum Gasteiger partial charge on any atom is -0.497 e. The van der Waals surface area contributed by atoms with Crippen molar-refractivity contribution in [3.63, 3.8) is 0 Å². The lowest BCUT2D eigenvalue weighted by Gasteiger charge is -2.36. The normalized spacial score (nSPS) is 35.4. The van der Waals surface area contributed by atoms with Gasteiger partial charge in [-0.25, -0.2) is 0 Å². The van der Waals surface area contributed by atoms with Crippen LogP contribution in [0.2, 0.25) is 0 Å². The fourth-order valence-electron chi connectivity index (χ4n) is 3.18. The fraction of sp³-hybridized carbons (Fsp3) is 0.714. The first kappa shape index (κ1) is 11.9. The Morgan fingerprint density at radius 3 is 2.89 bits per heavy atom. The third kappa shape index (κ3) is 1.70. The highest BCUT2D eigenvalue weighted by molar-refractivity contribution is 5.31. The van der Waals surface area contributed by atoms with Crippen LogP contribution in [0.4, 0.5) is 0 Å². The van der Waals surface area contributed by atoms with Crippen molar-refractivity contribution in [2.75, 3.05) is 20.3 Å². The van der Waals surface area contributed by atoms with Crippen LogP contribution in [0, 0.1) is 5.92 Å². The van der Waals surface area contributed by atoms with Crippen LogP contribution in [0.15, 0.2) is 23.4 Å². The number of allylic oxidation sites excluding steroid dienone is 1. The average Bonchev–Trinajstić information content (AvgIpc) is 2.75. The van der Waals surface area contributed by atoms with E-state index in [-0.39, 0.29) is 5.92 Å². The van der Waals surface area contributed by atoms with E-state index in [0.717, 1.165) is 37.2 Å². The lowest BCUT2D eigenvalue weighted by Crippen LogP contribution is -2.40. The Balaban J connectivity index is 1.92. The standard InChI is InChI=1S/C14H20O4/c1-16-11-9-14(15,12-6-2-3-7-17-12)10-5-4-8-18-13(10)11/h6,10,15H,2-5,7-9H2,1H3/t10-,14+/m1/s1. The number of methoxy groups -OCH3 is 1. The van der Waals surface area contributed by atoms with Crippen LogP contribution in [0.5, 0.6) is 0 Å². The molecule has 0 amide bonds. The van der Waals surface area contributed by atoms with Gasteiger partial charge in [-0.15, -0.1) is 0 Å². The summed E-state index contributed by atoms with van der Waals surface area (Å²) in [5.74, 6) is 2.32. The molecule has 2 heterocycles. The van der Waals surface area contributed by atoms with Crippen molar-refractivity contribution in [1.82, 2.24) is 0 Å². The molecule has 0 radical (unpaired) electrons. The summed E-state index contributed by atoms with van der Waals surface area (Å²) in [6, 6.07) is 0. The molecule has 100 valence electrons. The van der Waals surface area contributed by atoms with Crippen molar-refractivity contribution in [1.29, 1.82) is 0 Å². The number of rotatable bonds is 2. The first-order valence-electron chi connectivity index (χ1n) is 6.71. The molecule has 1 aliphatic carbocycles. The Morgan fingerprint density at radius 1 is 1.33 bits per heavy atom. The molecular formula is C14H20O4. The van der Waals surface area contributed by atoms with Crippen molar-refractivity contribution in [3.8, 4) is 0 Å². The fourth-order valence-corrected chi connectivity index (χ4v) is 3.18. The van der Waals surface area contributed by atoms with E-state index < -0.39 is 5.60 Å². The van der Waals surface area contributed by atoms with Crippen LogP contribution in [0.1, 0.15) is 32.1 Å².